The summed E-state index contributed by atoms with van der Waals surface area (Å²) in [4.78, 5) is 25.8. The van der Waals surface area contributed by atoms with Crippen LogP contribution in [0, 0.1) is 6.92 Å². The van der Waals surface area contributed by atoms with Crippen molar-refractivity contribution in [1.29, 1.82) is 0 Å². The molecule has 2 rings (SSSR count). The number of benzene rings is 1. The Morgan fingerprint density at radius 2 is 2.10 bits per heavy atom. The van der Waals surface area contributed by atoms with Crippen LogP contribution in [0.2, 0.25) is 5.02 Å². The minimum Gasteiger partial charge on any atom is -0.340 e. The zero-order valence-electron chi connectivity index (χ0n) is 12.0. The molecule has 1 aliphatic rings. The summed E-state index contributed by atoms with van der Waals surface area (Å²) < 4.78 is 0. The van der Waals surface area contributed by atoms with Crippen molar-refractivity contribution < 1.29 is 9.59 Å². The van der Waals surface area contributed by atoms with E-state index in [1.807, 2.05) is 32.0 Å². The molecule has 2 amide bonds. The number of halogens is 1. The molecule has 1 atom stereocenters. The quantitative estimate of drug-likeness (QED) is 0.930. The van der Waals surface area contributed by atoms with E-state index in [1.165, 1.54) is 0 Å². The first-order valence-corrected chi connectivity index (χ1v) is 7.09. The molecular weight excluding hydrogens is 276 g/mol. The highest BCUT2D eigenvalue weighted by molar-refractivity contribution is 6.31. The van der Waals surface area contributed by atoms with Gasteiger partial charge in [0.1, 0.15) is 5.54 Å². The number of nitrogens with one attached hydrogen (secondary N) is 1. The van der Waals surface area contributed by atoms with Crippen LogP contribution in [-0.2, 0) is 16.1 Å². The van der Waals surface area contributed by atoms with Gasteiger partial charge in [-0.05, 0) is 37.5 Å². The van der Waals surface area contributed by atoms with Crippen molar-refractivity contribution in [2.45, 2.75) is 39.3 Å². The third kappa shape index (κ3) is 2.80. The summed E-state index contributed by atoms with van der Waals surface area (Å²) in [5.74, 6) is -0.187. The predicted molar refractivity (Wildman–Crippen MR) is 78.4 cm³/mol. The maximum Gasteiger partial charge on any atom is 0.248 e. The summed E-state index contributed by atoms with van der Waals surface area (Å²) in [6.45, 7) is 6.06. The number of rotatable bonds is 3. The molecule has 5 heteroatoms. The van der Waals surface area contributed by atoms with Crippen LogP contribution >= 0.6 is 11.6 Å². The van der Waals surface area contributed by atoms with Crippen molar-refractivity contribution in [3.05, 3.63) is 34.3 Å². The van der Waals surface area contributed by atoms with E-state index in [-0.39, 0.29) is 18.4 Å². The van der Waals surface area contributed by atoms with Crippen LogP contribution in [0.5, 0.6) is 0 Å². The van der Waals surface area contributed by atoms with Crippen molar-refractivity contribution in [2.24, 2.45) is 0 Å². The molecule has 1 aromatic carbocycles. The Morgan fingerprint density at radius 1 is 1.40 bits per heavy atom. The molecule has 0 aliphatic carbocycles. The molecule has 0 bridgehead atoms. The first-order chi connectivity index (χ1) is 9.35. The number of carbonyl (C=O) groups is 2. The molecule has 1 saturated heterocycles. The van der Waals surface area contributed by atoms with Crippen LogP contribution < -0.4 is 5.32 Å². The Balaban J connectivity index is 2.23. The highest BCUT2D eigenvalue weighted by atomic mass is 35.5. The van der Waals surface area contributed by atoms with E-state index in [1.54, 1.807) is 11.8 Å². The first kappa shape index (κ1) is 14.9. The number of hydrogen-bond donors (Lipinski definition) is 1. The molecule has 0 aromatic heterocycles. The van der Waals surface area contributed by atoms with Gasteiger partial charge in [-0.2, -0.15) is 0 Å². The van der Waals surface area contributed by atoms with E-state index in [0.29, 0.717) is 18.0 Å². The first-order valence-electron chi connectivity index (χ1n) is 6.71. The highest BCUT2D eigenvalue weighted by Gasteiger charge is 2.41. The molecular formula is C15H19ClN2O2. The van der Waals surface area contributed by atoms with Gasteiger partial charge in [-0.1, -0.05) is 30.7 Å². The minimum atomic E-state index is -0.813. The van der Waals surface area contributed by atoms with Gasteiger partial charge in [-0.3, -0.25) is 9.59 Å². The maximum atomic E-state index is 12.5. The van der Waals surface area contributed by atoms with Crippen LogP contribution in [0.3, 0.4) is 0 Å². The van der Waals surface area contributed by atoms with Crippen LogP contribution in [0.1, 0.15) is 31.4 Å². The molecule has 4 nitrogen and oxygen atoms in total. The fourth-order valence-electron chi connectivity index (χ4n) is 2.35. The summed E-state index contributed by atoms with van der Waals surface area (Å²) in [5, 5.41) is 3.40. The van der Waals surface area contributed by atoms with Crippen molar-refractivity contribution in [2.75, 3.05) is 6.54 Å². The zero-order valence-corrected chi connectivity index (χ0v) is 12.8. The second kappa shape index (κ2) is 5.44. The molecule has 0 radical (unpaired) electrons. The van der Waals surface area contributed by atoms with E-state index in [4.69, 9.17) is 11.6 Å². The van der Waals surface area contributed by atoms with E-state index in [2.05, 4.69) is 5.32 Å². The van der Waals surface area contributed by atoms with Gasteiger partial charge in [-0.25, -0.2) is 0 Å². The summed E-state index contributed by atoms with van der Waals surface area (Å²) in [5.41, 5.74) is 1.12. The fraction of sp³-hybridized carbons (Fsp3) is 0.467. The minimum absolute atomic E-state index is 0.0590. The number of carbonyl (C=O) groups excluding carboxylic acids is 2. The number of piperazine rings is 1. The van der Waals surface area contributed by atoms with Crippen LogP contribution in [-0.4, -0.2) is 28.8 Å². The summed E-state index contributed by atoms with van der Waals surface area (Å²) >= 11 is 6.20. The van der Waals surface area contributed by atoms with E-state index in [0.717, 1.165) is 11.1 Å². The highest BCUT2D eigenvalue weighted by Crippen LogP contribution is 2.23. The van der Waals surface area contributed by atoms with Gasteiger partial charge < -0.3 is 10.2 Å². The largest absolute Gasteiger partial charge is 0.340 e. The molecule has 0 spiro atoms. The Bertz CT molecular complexity index is 559. The van der Waals surface area contributed by atoms with E-state index < -0.39 is 5.54 Å². The van der Waals surface area contributed by atoms with E-state index >= 15 is 0 Å². The molecule has 1 unspecified atom stereocenters. The van der Waals surface area contributed by atoms with Gasteiger partial charge in [0.05, 0.1) is 6.54 Å². The molecule has 1 fully saturated rings. The van der Waals surface area contributed by atoms with Crippen molar-refractivity contribution >= 4 is 23.4 Å². The third-order valence-corrected chi connectivity index (χ3v) is 4.14. The van der Waals surface area contributed by atoms with Crippen molar-refractivity contribution in [3.8, 4) is 0 Å². The van der Waals surface area contributed by atoms with Crippen LogP contribution in [0.25, 0.3) is 0 Å². The molecule has 0 saturated carbocycles. The lowest BCUT2D eigenvalue weighted by Crippen LogP contribution is -2.64. The lowest BCUT2D eigenvalue weighted by Gasteiger charge is -2.39. The van der Waals surface area contributed by atoms with Gasteiger partial charge in [0.15, 0.2) is 0 Å². The van der Waals surface area contributed by atoms with Crippen molar-refractivity contribution in [3.63, 3.8) is 0 Å². The maximum absolute atomic E-state index is 12.5. The predicted octanol–water partition coefficient (Wildman–Crippen LogP) is 2.28. The molecule has 1 aliphatic heterocycles. The SMILES string of the molecule is CCC1(C)NC(=O)CN(Cc2ccc(C)cc2Cl)C1=O. The van der Waals surface area contributed by atoms with E-state index in [9.17, 15) is 9.59 Å². The zero-order chi connectivity index (χ0) is 14.9. The average molecular weight is 295 g/mol. The molecule has 1 N–H and O–H groups in total. The second-order valence-corrected chi connectivity index (χ2v) is 5.90. The lowest BCUT2D eigenvalue weighted by atomic mass is 9.94. The number of aryl methyl sites for hydroxylation is 1. The normalized spacial score (nSPS) is 22.9. The molecule has 108 valence electrons. The lowest BCUT2D eigenvalue weighted by molar-refractivity contribution is -0.149. The second-order valence-electron chi connectivity index (χ2n) is 5.49. The van der Waals surface area contributed by atoms with Gasteiger partial charge >= 0.3 is 0 Å². The molecule has 1 aromatic rings. The third-order valence-electron chi connectivity index (χ3n) is 3.79. The van der Waals surface area contributed by atoms with Gasteiger partial charge in [0, 0.05) is 11.6 Å². The van der Waals surface area contributed by atoms with Gasteiger partial charge in [0.25, 0.3) is 0 Å². The Morgan fingerprint density at radius 3 is 2.70 bits per heavy atom. The van der Waals surface area contributed by atoms with Gasteiger partial charge in [-0.15, -0.1) is 0 Å². The van der Waals surface area contributed by atoms with Gasteiger partial charge in [0.2, 0.25) is 11.8 Å². The molecule has 20 heavy (non-hydrogen) atoms. The number of hydrogen-bond acceptors (Lipinski definition) is 2. The smallest absolute Gasteiger partial charge is 0.248 e. The van der Waals surface area contributed by atoms with Crippen LogP contribution in [0.15, 0.2) is 18.2 Å². The average Bonchev–Trinajstić information content (AvgIpc) is 2.38. The monoisotopic (exact) mass is 294 g/mol. The number of amides is 2. The fourth-order valence-corrected chi connectivity index (χ4v) is 2.64. The van der Waals surface area contributed by atoms with Crippen LogP contribution in [0.4, 0.5) is 0 Å². The summed E-state index contributed by atoms with van der Waals surface area (Å²) in [7, 11) is 0. The number of nitrogens with zero attached hydrogens (tertiary/aromatic N) is 1. The summed E-state index contributed by atoms with van der Waals surface area (Å²) in [6, 6.07) is 5.72. The summed E-state index contributed by atoms with van der Waals surface area (Å²) in [6.07, 6.45) is 0.565. The molecule has 1 heterocycles. The topological polar surface area (TPSA) is 49.4 Å². The Labute approximate surface area is 124 Å². The standard InChI is InChI=1S/C15H19ClN2O2/c1-4-15(3)14(20)18(9-13(19)17-15)8-11-6-5-10(2)7-12(11)16/h5-7H,4,8-9H2,1-3H3,(H,17,19). The Hall–Kier alpha value is -1.55. The Kier molecular flexibility index (Phi) is 4.04. The van der Waals surface area contributed by atoms with Crippen molar-refractivity contribution in [1.82, 2.24) is 10.2 Å².